The van der Waals surface area contributed by atoms with Crippen LogP contribution in [0.4, 0.5) is 8.78 Å². The molecule has 2 unspecified atom stereocenters. The normalized spacial score (nSPS) is 13.4. The molecule has 0 aromatic heterocycles. The highest BCUT2D eigenvalue weighted by Gasteiger charge is 2.25. The molecule has 0 aliphatic carbocycles. The first-order valence-corrected chi connectivity index (χ1v) is 5.59. The van der Waals surface area contributed by atoms with Gasteiger partial charge in [0, 0.05) is 6.07 Å². The van der Waals surface area contributed by atoms with E-state index in [0.29, 0.717) is 6.07 Å². The van der Waals surface area contributed by atoms with Crippen molar-refractivity contribution in [2.45, 2.75) is 19.1 Å². The number of carbonyl (C=O) groups is 2. The second-order valence-corrected chi connectivity index (χ2v) is 3.99. The van der Waals surface area contributed by atoms with Crippen molar-refractivity contribution in [3.63, 3.8) is 0 Å². The van der Waals surface area contributed by atoms with Crippen LogP contribution >= 0.6 is 0 Å². The molecule has 0 saturated carbocycles. The Kier molecular flexibility index (Phi) is 5.39. The number of rotatable bonds is 6. The molecule has 110 valence electrons. The van der Waals surface area contributed by atoms with Gasteiger partial charge in [0.15, 0.2) is 24.2 Å². The molecule has 0 saturated heterocycles. The van der Waals surface area contributed by atoms with E-state index >= 15 is 0 Å². The zero-order chi connectivity index (χ0) is 15.3. The van der Waals surface area contributed by atoms with Crippen LogP contribution in [0.3, 0.4) is 0 Å². The number of aliphatic hydroxyl groups is 1. The number of nitrogens with one attached hydrogen (secondary N) is 1. The number of aliphatic hydroxyl groups excluding tert-OH is 1. The molecule has 0 bridgehead atoms. The topological polar surface area (TPSA) is 95.9 Å². The summed E-state index contributed by atoms with van der Waals surface area (Å²) in [6.07, 6.45) is -1.31. The molecule has 0 aliphatic rings. The first-order chi connectivity index (χ1) is 9.31. The third-order valence-electron chi connectivity index (χ3n) is 2.32. The zero-order valence-electron chi connectivity index (χ0n) is 10.5. The summed E-state index contributed by atoms with van der Waals surface area (Å²) in [7, 11) is 0. The Hall–Kier alpha value is -2.22. The summed E-state index contributed by atoms with van der Waals surface area (Å²) < 4.78 is 30.6. The SMILES string of the molecule is CC(O)C(NC(=O)COc1ccc(F)cc1F)C(=O)O. The largest absolute Gasteiger partial charge is 0.481 e. The lowest BCUT2D eigenvalue weighted by Crippen LogP contribution is -2.49. The van der Waals surface area contributed by atoms with Crippen LogP contribution < -0.4 is 10.1 Å². The predicted octanol–water partition coefficient (Wildman–Crippen LogP) is 0.294. The molecule has 6 nitrogen and oxygen atoms in total. The highest BCUT2D eigenvalue weighted by molar-refractivity contribution is 5.84. The Bertz CT molecular complexity index is 507. The van der Waals surface area contributed by atoms with Gasteiger partial charge in [-0.05, 0) is 19.1 Å². The number of carboxylic acid groups (broad SMARTS) is 1. The van der Waals surface area contributed by atoms with Crippen LogP contribution in [0.5, 0.6) is 5.75 Å². The lowest BCUT2D eigenvalue weighted by atomic mass is 10.2. The van der Waals surface area contributed by atoms with Crippen LogP contribution in [-0.4, -0.2) is 40.8 Å². The summed E-state index contributed by atoms with van der Waals surface area (Å²) in [6.45, 7) is 0.526. The Labute approximate surface area is 113 Å². The predicted molar refractivity (Wildman–Crippen MR) is 63.1 cm³/mol. The first-order valence-electron chi connectivity index (χ1n) is 5.59. The quantitative estimate of drug-likeness (QED) is 0.699. The number of benzene rings is 1. The van der Waals surface area contributed by atoms with Crippen LogP contribution in [0.2, 0.25) is 0 Å². The number of carbonyl (C=O) groups excluding carboxylic acids is 1. The zero-order valence-corrected chi connectivity index (χ0v) is 10.5. The van der Waals surface area contributed by atoms with Crippen molar-refractivity contribution in [3.8, 4) is 5.75 Å². The molecule has 3 N–H and O–H groups in total. The maximum atomic E-state index is 13.2. The lowest BCUT2D eigenvalue weighted by molar-refractivity contribution is -0.145. The fraction of sp³-hybridized carbons (Fsp3) is 0.333. The molecule has 20 heavy (non-hydrogen) atoms. The van der Waals surface area contributed by atoms with E-state index < -0.39 is 42.3 Å². The standard InChI is InChI=1S/C12H13F2NO5/c1-6(16)11(12(18)19)15-10(17)5-20-9-3-2-7(13)4-8(9)14/h2-4,6,11,16H,5H2,1H3,(H,15,17)(H,18,19). The number of hydrogen-bond donors (Lipinski definition) is 3. The minimum Gasteiger partial charge on any atom is -0.481 e. The monoisotopic (exact) mass is 289 g/mol. The molecule has 0 fully saturated rings. The molecule has 1 aromatic rings. The highest BCUT2D eigenvalue weighted by atomic mass is 19.1. The molecule has 1 amide bonds. The fourth-order valence-electron chi connectivity index (χ4n) is 1.34. The number of amides is 1. The van der Waals surface area contributed by atoms with E-state index in [-0.39, 0.29) is 5.75 Å². The minimum atomic E-state index is -1.50. The van der Waals surface area contributed by atoms with E-state index in [1.165, 1.54) is 6.92 Å². The van der Waals surface area contributed by atoms with Gasteiger partial charge in [-0.2, -0.15) is 0 Å². The number of hydrogen-bond acceptors (Lipinski definition) is 4. The first kappa shape index (κ1) is 15.8. The number of ether oxygens (including phenoxy) is 1. The van der Waals surface area contributed by atoms with Gasteiger partial charge >= 0.3 is 5.97 Å². The van der Waals surface area contributed by atoms with Crippen LogP contribution in [0, 0.1) is 11.6 Å². The van der Waals surface area contributed by atoms with Crippen molar-refractivity contribution < 1.29 is 33.3 Å². The van der Waals surface area contributed by atoms with Crippen LogP contribution in [0.1, 0.15) is 6.92 Å². The van der Waals surface area contributed by atoms with Crippen molar-refractivity contribution in [3.05, 3.63) is 29.8 Å². The van der Waals surface area contributed by atoms with Crippen molar-refractivity contribution >= 4 is 11.9 Å². The van der Waals surface area contributed by atoms with E-state index in [9.17, 15) is 18.4 Å². The fourth-order valence-corrected chi connectivity index (χ4v) is 1.34. The molecular formula is C12H13F2NO5. The molecule has 1 aromatic carbocycles. The van der Waals surface area contributed by atoms with Gasteiger partial charge in [0.1, 0.15) is 5.82 Å². The van der Waals surface area contributed by atoms with Gasteiger partial charge in [-0.1, -0.05) is 0 Å². The third kappa shape index (κ3) is 4.47. The molecule has 0 heterocycles. The summed E-state index contributed by atoms with van der Waals surface area (Å²) >= 11 is 0. The number of aliphatic carboxylic acids is 1. The summed E-state index contributed by atoms with van der Waals surface area (Å²) in [5, 5.41) is 19.9. The number of carboxylic acids is 1. The summed E-state index contributed by atoms with van der Waals surface area (Å²) in [4.78, 5) is 22.1. The van der Waals surface area contributed by atoms with Gasteiger partial charge in [-0.15, -0.1) is 0 Å². The van der Waals surface area contributed by atoms with Gasteiger partial charge < -0.3 is 20.3 Å². The summed E-state index contributed by atoms with van der Waals surface area (Å²) in [5.41, 5.74) is 0. The van der Waals surface area contributed by atoms with Crippen molar-refractivity contribution in [2.24, 2.45) is 0 Å². The van der Waals surface area contributed by atoms with E-state index in [4.69, 9.17) is 14.9 Å². The van der Waals surface area contributed by atoms with E-state index in [1.54, 1.807) is 0 Å². The lowest BCUT2D eigenvalue weighted by Gasteiger charge is -2.17. The second kappa shape index (κ2) is 6.80. The van der Waals surface area contributed by atoms with Gasteiger partial charge in [0.25, 0.3) is 5.91 Å². The van der Waals surface area contributed by atoms with Crippen LogP contribution in [-0.2, 0) is 9.59 Å². The minimum absolute atomic E-state index is 0.342. The molecular weight excluding hydrogens is 276 g/mol. The van der Waals surface area contributed by atoms with Crippen molar-refractivity contribution in [2.75, 3.05) is 6.61 Å². The highest BCUT2D eigenvalue weighted by Crippen LogP contribution is 2.17. The summed E-state index contributed by atoms with van der Waals surface area (Å²) in [5.74, 6) is -4.39. The molecule has 0 spiro atoms. The average Bonchev–Trinajstić information content (AvgIpc) is 2.34. The summed E-state index contributed by atoms with van der Waals surface area (Å²) in [6, 6.07) is 1.04. The van der Waals surface area contributed by atoms with E-state index in [2.05, 4.69) is 0 Å². The molecule has 0 radical (unpaired) electrons. The smallest absolute Gasteiger partial charge is 0.328 e. The molecule has 2 atom stereocenters. The van der Waals surface area contributed by atoms with Crippen molar-refractivity contribution in [1.29, 1.82) is 0 Å². The molecule has 8 heteroatoms. The third-order valence-corrected chi connectivity index (χ3v) is 2.32. The van der Waals surface area contributed by atoms with Crippen LogP contribution in [0.15, 0.2) is 18.2 Å². The molecule has 0 aliphatic heterocycles. The maximum absolute atomic E-state index is 13.2. The van der Waals surface area contributed by atoms with E-state index in [1.807, 2.05) is 5.32 Å². The van der Waals surface area contributed by atoms with Crippen LogP contribution in [0.25, 0.3) is 0 Å². The number of halogens is 2. The van der Waals surface area contributed by atoms with Crippen molar-refractivity contribution in [1.82, 2.24) is 5.32 Å². The Balaban J connectivity index is 2.57. The van der Waals surface area contributed by atoms with Gasteiger partial charge in [0.05, 0.1) is 6.10 Å². The van der Waals surface area contributed by atoms with Gasteiger partial charge in [-0.25, -0.2) is 13.6 Å². The Morgan fingerprint density at radius 2 is 2.05 bits per heavy atom. The van der Waals surface area contributed by atoms with Gasteiger partial charge in [-0.3, -0.25) is 4.79 Å². The van der Waals surface area contributed by atoms with E-state index in [0.717, 1.165) is 12.1 Å². The average molecular weight is 289 g/mol. The Morgan fingerprint density at radius 1 is 1.40 bits per heavy atom. The van der Waals surface area contributed by atoms with Gasteiger partial charge in [0.2, 0.25) is 0 Å². The molecule has 1 rings (SSSR count). The second-order valence-electron chi connectivity index (χ2n) is 3.99. The Morgan fingerprint density at radius 3 is 2.55 bits per heavy atom. The maximum Gasteiger partial charge on any atom is 0.328 e.